The van der Waals surface area contributed by atoms with Crippen LogP contribution in [0.2, 0.25) is 0 Å². The highest BCUT2D eigenvalue weighted by Gasteiger charge is 2.51. The average molecular weight is 166 g/mol. The first kappa shape index (κ1) is 9.20. The summed E-state index contributed by atoms with van der Waals surface area (Å²) in [6.45, 7) is 5.74. The molecule has 1 aliphatic rings. The minimum Gasteiger partial charge on any atom is -0.358 e. The lowest BCUT2D eigenvalue weighted by atomic mass is 10.1. The first-order valence-corrected chi connectivity index (χ1v) is 4.09. The molecule has 2 nitrogen and oxygen atoms in total. The molecule has 0 bridgehead atoms. The van der Waals surface area contributed by atoms with Crippen molar-refractivity contribution in [3.63, 3.8) is 0 Å². The zero-order valence-corrected chi connectivity index (χ0v) is 7.70. The molecule has 0 aromatic heterocycles. The first-order valence-electron chi connectivity index (χ1n) is 4.09. The minimum absolute atomic E-state index is 0.0538. The number of allylic oxidation sites excluding steroid dienone is 3. The van der Waals surface area contributed by atoms with Gasteiger partial charge in [0.05, 0.1) is 5.60 Å². The van der Waals surface area contributed by atoms with Crippen LogP contribution in [0.4, 0.5) is 0 Å². The number of hydrogen-bond acceptors (Lipinski definition) is 2. The summed E-state index contributed by atoms with van der Waals surface area (Å²) in [6, 6.07) is 0. The van der Waals surface area contributed by atoms with E-state index >= 15 is 0 Å². The van der Waals surface area contributed by atoms with Gasteiger partial charge in [-0.05, 0) is 26.8 Å². The summed E-state index contributed by atoms with van der Waals surface area (Å²) in [4.78, 5) is 11.3. The van der Waals surface area contributed by atoms with E-state index in [0.717, 1.165) is 0 Å². The van der Waals surface area contributed by atoms with Gasteiger partial charge in [0.25, 0.3) is 0 Å². The second-order valence-corrected chi connectivity index (χ2v) is 3.39. The van der Waals surface area contributed by atoms with Crippen LogP contribution in [0, 0.1) is 0 Å². The number of hydrogen-bond donors (Lipinski definition) is 0. The summed E-state index contributed by atoms with van der Waals surface area (Å²) >= 11 is 0. The highest BCUT2D eigenvalue weighted by atomic mass is 16.6. The van der Waals surface area contributed by atoms with Gasteiger partial charge in [0, 0.05) is 0 Å². The molecule has 0 aliphatic carbocycles. The maximum absolute atomic E-state index is 11.3. The lowest BCUT2D eigenvalue weighted by molar-refractivity contribution is -0.115. The van der Waals surface area contributed by atoms with Gasteiger partial charge in [-0.3, -0.25) is 4.79 Å². The van der Waals surface area contributed by atoms with Gasteiger partial charge >= 0.3 is 0 Å². The van der Waals surface area contributed by atoms with Crippen molar-refractivity contribution >= 4 is 5.78 Å². The van der Waals surface area contributed by atoms with Gasteiger partial charge in [-0.15, -0.1) is 0 Å². The van der Waals surface area contributed by atoms with Crippen molar-refractivity contribution in [2.75, 3.05) is 0 Å². The highest BCUT2D eigenvalue weighted by molar-refractivity contribution is 5.96. The van der Waals surface area contributed by atoms with Crippen LogP contribution in [0.1, 0.15) is 20.8 Å². The standard InChI is InChI=1S/C10H14O2/c1-4-5-6-7-8(11)9-10(2,3)12-9/h4-7,9H,1-3H3/b5-4+,7-6+. The normalized spacial score (nSPS) is 26.8. The highest BCUT2D eigenvalue weighted by Crippen LogP contribution is 2.35. The zero-order chi connectivity index (χ0) is 9.19. The summed E-state index contributed by atoms with van der Waals surface area (Å²) in [6.07, 6.45) is 6.77. The average Bonchev–Trinajstić information content (AvgIpc) is 2.60. The fraction of sp³-hybridized carbons (Fsp3) is 0.500. The number of carbonyl (C=O) groups excluding carboxylic acids is 1. The number of ether oxygens (including phenoxy) is 1. The molecule has 1 saturated heterocycles. The van der Waals surface area contributed by atoms with Gasteiger partial charge in [-0.1, -0.05) is 18.2 Å². The third-order valence-electron chi connectivity index (χ3n) is 1.82. The Hall–Kier alpha value is -0.890. The SMILES string of the molecule is C/C=C/C=C/C(=O)C1OC1(C)C. The zero-order valence-electron chi connectivity index (χ0n) is 7.70. The van der Waals surface area contributed by atoms with Gasteiger partial charge in [-0.2, -0.15) is 0 Å². The Balaban J connectivity index is 2.41. The van der Waals surface area contributed by atoms with E-state index in [2.05, 4.69) is 0 Å². The molecule has 0 radical (unpaired) electrons. The quantitative estimate of drug-likeness (QED) is 0.364. The summed E-state index contributed by atoms with van der Waals surface area (Å²) in [5.74, 6) is 0.0538. The van der Waals surface area contributed by atoms with Crippen molar-refractivity contribution < 1.29 is 9.53 Å². The molecule has 1 heterocycles. The van der Waals surface area contributed by atoms with Gasteiger partial charge in [0.1, 0.15) is 6.10 Å². The van der Waals surface area contributed by atoms with Crippen LogP contribution in [0.5, 0.6) is 0 Å². The van der Waals surface area contributed by atoms with E-state index in [4.69, 9.17) is 4.74 Å². The molecule has 12 heavy (non-hydrogen) atoms. The van der Waals surface area contributed by atoms with Crippen molar-refractivity contribution in [2.45, 2.75) is 32.5 Å². The molecule has 2 heteroatoms. The van der Waals surface area contributed by atoms with Crippen molar-refractivity contribution in [2.24, 2.45) is 0 Å². The van der Waals surface area contributed by atoms with Crippen LogP contribution in [-0.4, -0.2) is 17.5 Å². The maximum Gasteiger partial charge on any atom is 0.187 e. The molecule has 0 amide bonds. The molecule has 0 aromatic rings. The largest absolute Gasteiger partial charge is 0.358 e. The van der Waals surface area contributed by atoms with Crippen LogP contribution in [-0.2, 0) is 9.53 Å². The number of carbonyl (C=O) groups is 1. The molecule has 1 atom stereocenters. The van der Waals surface area contributed by atoms with Crippen LogP contribution in [0.3, 0.4) is 0 Å². The first-order chi connectivity index (χ1) is 5.58. The smallest absolute Gasteiger partial charge is 0.187 e. The Labute approximate surface area is 72.9 Å². The van der Waals surface area contributed by atoms with Crippen LogP contribution in [0.25, 0.3) is 0 Å². The van der Waals surface area contributed by atoms with Crippen molar-refractivity contribution in [1.82, 2.24) is 0 Å². The third-order valence-corrected chi connectivity index (χ3v) is 1.82. The monoisotopic (exact) mass is 166 g/mol. The summed E-state index contributed by atoms with van der Waals surface area (Å²) in [5, 5.41) is 0. The molecule has 0 spiro atoms. The molecule has 0 saturated carbocycles. The lowest BCUT2D eigenvalue weighted by Gasteiger charge is -1.89. The fourth-order valence-electron chi connectivity index (χ4n) is 1.02. The van der Waals surface area contributed by atoms with E-state index in [-0.39, 0.29) is 17.5 Å². The molecule has 1 fully saturated rings. The Morgan fingerprint density at radius 3 is 2.42 bits per heavy atom. The second kappa shape index (κ2) is 3.23. The molecule has 1 aliphatic heterocycles. The molecule has 1 rings (SSSR count). The van der Waals surface area contributed by atoms with Gasteiger partial charge < -0.3 is 4.74 Å². The minimum atomic E-state index is -0.239. The number of rotatable bonds is 3. The third kappa shape index (κ3) is 2.05. The van der Waals surface area contributed by atoms with E-state index in [0.29, 0.717) is 0 Å². The van der Waals surface area contributed by atoms with Crippen molar-refractivity contribution in [3.05, 3.63) is 24.3 Å². The Bertz CT molecular complexity index is 236. The van der Waals surface area contributed by atoms with Crippen molar-refractivity contribution in [1.29, 1.82) is 0 Å². The van der Waals surface area contributed by atoms with Crippen LogP contribution < -0.4 is 0 Å². The van der Waals surface area contributed by atoms with Crippen LogP contribution in [0.15, 0.2) is 24.3 Å². The molecule has 0 aromatic carbocycles. The predicted molar refractivity (Wildman–Crippen MR) is 47.9 cm³/mol. The number of epoxide rings is 1. The Morgan fingerprint density at radius 1 is 1.42 bits per heavy atom. The van der Waals surface area contributed by atoms with Gasteiger partial charge in [-0.25, -0.2) is 0 Å². The van der Waals surface area contributed by atoms with E-state index in [1.807, 2.05) is 32.9 Å². The van der Waals surface area contributed by atoms with E-state index in [1.165, 1.54) is 0 Å². The molecule has 0 N–H and O–H groups in total. The second-order valence-electron chi connectivity index (χ2n) is 3.39. The van der Waals surface area contributed by atoms with E-state index in [1.54, 1.807) is 12.2 Å². The summed E-state index contributed by atoms with van der Waals surface area (Å²) in [7, 11) is 0. The topological polar surface area (TPSA) is 29.6 Å². The van der Waals surface area contributed by atoms with Crippen LogP contribution >= 0.6 is 0 Å². The lowest BCUT2D eigenvalue weighted by Crippen LogP contribution is -2.11. The predicted octanol–water partition coefficient (Wildman–Crippen LogP) is 1.87. The molecule has 66 valence electrons. The molecular formula is C10H14O2. The fourth-order valence-corrected chi connectivity index (χ4v) is 1.02. The molecule has 1 unspecified atom stereocenters. The van der Waals surface area contributed by atoms with E-state index in [9.17, 15) is 4.79 Å². The Morgan fingerprint density at radius 2 is 2.00 bits per heavy atom. The Kier molecular flexibility index (Phi) is 2.48. The summed E-state index contributed by atoms with van der Waals surface area (Å²) < 4.78 is 5.17. The summed E-state index contributed by atoms with van der Waals surface area (Å²) in [5.41, 5.74) is -0.239. The molecular weight excluding hydrogens is 152 g/mol. The number of ketones is 1. The van der Waals surface area contributed by atoms with Gasteiger partial charge in [0.15, 0.2) is 5.78 Å². The van der Waals surface area contributed by atoms with Gasteiger partial charge in [0.2, 0.25) is 0 Å². The van der Waals surface area contributed by atoms with E-state index < -0.39 is 0 Å². The van der Waals surface area contributed by atoms with Crippen molar-refractivity contribution in [3.8, 4) is 0 Å². The maximum atomic E-state index is 11.3.